The minimum absolute atomic E-state index is 0.774. The Bertz CT molecular complexity index is 359. The molecule has 0 aliphatic carbocycles. The minimum Gasteiger partial charge on any atom is -0.475 e. The molecule has 0 spiro atoms. The normalized spacial score (nSPS) is 20.7. The predicted octanol–water partition coefficient (Wildman–Crippen LogP) is 2.08. The lowest BCUT2D eigenvalue weighted by molar-refractivity contribution is 0.180. The molecule has 2 aliphatic rings. The Morgan fingerprint density at radius 3 is 2.72 bits per heavy atom. The minimum atomic E-state index is 0.774. The molecule has 0 bridgehead atoms. The lowest BCUT2D eigenvalue weighted by atomic mass is 10.1. The van der Waals surface area contributed by atoms with E-state index in [-0.39, 0.29) is 0 Å². The number of fused-ring (bicyclic) bond motifs is 1. The monoisotopic (exact) mass is 249 g/mol. The van der Waals surface area contributed by atoms with Gasteiger partial charge in [-0.25, -0.2) is 0 Å². The molecule has 0 aromatic carbocycles. The molecule has 0 saturated carbocycles. The lowest BCUT2D eigenvalue weighted by Crippen LogP contribution is -2.33. The van der Waals surface area contributed by atoms with Crippen molar-refractivity contribution in [3.63, 3.8) is 0 Å². The number of aryl methyl sites for hydroxylation is 2. The second-order valence-electron chi connectivity index (χ2n) is 5.40. The van der Waals surface area contributed by atoms with Gasteiger partial charge in [-0.3, -0.25) is 9.58 Å². The van der Waals surface area contributed by atoms with Crippen LogP contribution < -0.4 is 4.74 Å². The summed E-state index contributed by atoms with van der Waals surface area (Å²) in [5.74, 6) is 0.823. The van der Waals surface area contributed by atoms with Gasteiger partial charge in [0.15, 0.2) is 0 Å². The molecule has 2 aliphatic heterocycles. The van der Waals surface area contributed by atoms with E-state index < -0.39 is 0 Å². The van der Waals surface area contributed by atoms with Crippen LogP contribution >= 0.6 is 0 Å². The Labute approximate surface area is 109 Å². The molecule has 4 heteroatoms. The first kappa shape index (κ1) is 12.0. The van der Waals surface area contributed by atoms with Crippen molar-refractivity contribution in [2.45, 2.75) is 45.1 Å². The standard InChI is InChI=1S/C14H23N3O/c1-3-7-16(8-4-1)10-11-18-14-12-13-6-2-5-9-17(13)15-14/h12H,1-11H2. The van der Waals surface area contributed by atoms with Crippen molar-refractivity contribution in [1.29, 1.82) is 0 Å². The molecule has 0 radical (unpaired) electrons. The van der Waals surface area contributed by atoms with E-state index in [4.69, 9.17) is 4.74 Å². The fourth-order valence-corrected chi connectivity index (χ4v) is 2.92. The number of ether oxygens (including phenoxy) is 1. The maximum absolute atomic E-state index is 5.79. The van der Waals surface area contributed by atoms with Gasteiger partial charge in [-0.15, -0.1) is 5.10 Å². The number of rotatable bonds is 4. The van der Waals surface area contributed by atoms with Crippen molar-refractivity contribution in [2.75, 3.05) is 26.2 Å². The average molecular weight is 249 g/mol. The van der Waals surface area contributed by atoms with E-state index in [1.54, 1.807) is 0 Å². The molecule has 100 valence electrons. The van der Waals surface area contributed by atoms with Gasteiger partial charge >= 0.3 is 0 Å². The SMILES string of the molecule is c1c(OCCN2CCCCC2)nn2c1CCCC2. The summed E-state index contributed by atoms with van der Waals surface area (Å²) in [6, 6.07) is 2.12. The van der Waals surface area contributed by atoms with E-state index in [2.05, 4.69) is 20.7 Å². The molecule has 0 atom stereocenters. The van der Waals surface area contributed by atoms with Crippen molar-refractivity contribution in [1.82, 2.24) is 14.7 Å². The molecule has 0 N–H and O–H groups in total. The van der Waals surface area contributed by atoms with Crippen LogP contribution in [0.2, 0.25) is 0 Å². The van der Waals surface area contributed by atoms with Gasteiger partial charge in [-0.2, -0.15) is 0 Å². The maximum Gasteiger partial charge on any atom is 0.233 e. The lowest BCUT2D eigenvalue weighted by Gasteiger charge is -2.25. The van der Waals surface area contributed by atoms with Crippen LogP contribution in [0.25, 0.3) is 0 Å². The van der Waals surface area contributed by atoms with E-state index in [0.29, 0.717) is 0 Å². The summed E-state index contributed by atoms with van der Waals surface area (Å²) in [6.07, 6.45) is 7.78. The summed E-state index contributed by atoms with van der Waals surface area (Å²) >= 11 is 0. The number of aromatic nitrogens is 2. The quantitative estimate of drug-likeness (QED) is 0.818. The first-order valence-electron chi connectivity index (χ1n) is 7.34. The summed E-state index contributed by atoms with van der Waals surface area (Å²) in [6.45, 7) is 5.36. The summed E-state index contributed by atoms with van der Waals surface area (Å²) in [4.78, 5) is 2.50. The molecular weight excluding hydrogens is 226 g/mol. The van der Waals surface area contributed by atoms with Gasteiger partial charge in [0.2, 0.25) is 5.88 Å². The zero-order chi connectivity index (χ0) is 12.2. The Morgan fingerprint density at radius 1 is 1.06 bits per heavy atom. The van der Waals surface area contributed by atoms with Crippen LogP contribution in [0.5, 0.6) is 5.88 Å². The highest BCUT2D eigenvalue weighted by Gasteiger charge is 2.13. The van der Waals surface area contributed by atoms with Crippen molar-refractivity contribution in [3.05, 3.63) is 11.8 Å². The van der Waals surface area contributed by atoms with E-state index in [1.165, 1.54) is 50.9 Å². The van der Waals surface area contributed by atoms with Gasteiger partial charge in [-0.1, -0.05) is 6.42 Å². The van der Waals surface area contributed by atoms with Crippen molar-refractivity contribution < 1.29 is 4.74 Å². The average Bonchev–Trinajstić information content (AvgIpc) is 2.82. The summed E-state index contributed by atoms with van der Waals surface area (Å²) in [5.41, 5.74) is 1.34. The summed E-state index contributed by atoms with van der Waals surface area (Å²) in [7, 11) is 0. The number of hydrogen-bond donors (Lipinski definition) is 0. The third-order valence-corrected chi connectivity index (χ3v) is 4.00. The second kappa shape index (κ2) is 5.74. The highest BCUT2D eigenvalue weighted by molar-refractivity contribution is 5.16. The van der Waals surface area contributed by atoms with E-state index in [0.717, 1.165) is 32.0 Å². The van der Waals surface area contributed by atoms with Crippen molar-refractivity contribution in [2.24, 2.45) is 0 Å². The van der Waals surface area contributed by atoms with Crippen LogP contribution in [0.3, 0.4) is 0 Å². The highest BCUT2D eigenvalue weighted by Crippen LogP contribution is 2.19. The van der Waals surface area contributed by atoms with Crippen LogP contribution in [0.4, 0.5) is 0 Å². The number of hydrogen-bond acceptors (Lipinski definition) is 3. The van der Waals surface area contributed by atoms with Gasteiger partial charge in [0.05, 0.1) is 0 Å². The fraction of sp³-hybridized carbons (Fsp3) is 0.786. The van der Waals surface area contributed by atoms with E-state index in [9.17, 15) is 0 Å². The first-order valence-corrected chi connectivity index (χ1v) is 7.34. The van der Waals surface area contributed by atoms with Crippen LogP contribution in [-0.2, 0) is 13.0 Å². The summed E-state index contributed by atoms with van der Waals surface area (Å²) < 4.78 is 7.90. The summed E-state index contributed by atoms with van der Waals surface area (Å²) in [5, 5.41) is 4.51. The van der Waals surface area contributed by atoms with E-state index in [1.807, 2.05) is 0 Å². The molecule has 0 amide bonds. The maximum atomic E-state index is 5.79. The van der Waals surface area contributed by atoms with Crippen LogP contribution in [0.15, 0.2) is 6.07 Å². The number of nitrogens with zero attached hydrogens (tertiary/aromatic N) is 3. The van der Waals surface area contributed by atoms with Crippen molar-refractivity contribution >= 4 is 0 Å². The molecule has 18 heavy (non-hydrogen) atoms. The first-order chi connectivity index (χ1) is 8.92. The van der Waals surface area contributed by atoms with Crippen molar-refractivity contribution in [3.8, 4) is 5.88 Å². The predicted molar refractivity (Wildman–Crippen MR) is 71.0 cm³/mol. The molecular formula is C14H23N3O. The third kappa shape index (κ3) is 2.86. The Hall–Kier alpha value is -1.03. The molecule has 0 unspecified atom stereocenters. The molecule has 4 nitrogen and oxygen atoms in total. The third-order valence-electron chi connectivity index (χ3n) is 4.00. The zero-order valence-electron chi connectivity index (χ0n) is 11.1. The molecule has 1 saturated heterocycles. The van der Waals surface area contributed by atoms with Crippen LogP contribution in [0, 0.1) is 0 Å². The molecule has 1 aromatic rings. The number of likely N-dealkylation sites (tertiary alicyclic amines) is 1. The molecule has 3 rings (SSSR count). The van der Waals surface area contributed by atoms with Gasteiger partial charge in [0.25, 0.3) is 0 Å². The topological polar surface area (TPSA) is 30.3 Å². The zero-order valence-corrected chi connectivity index (χ0v) is 11.1. The van der Waals surface area contributed by atoms with Gasteiger partial charge in [0.1, 0.15) is 6.61 Å². The number of piperidine rings is 1. The fourth-order valence-electron chi connectivity index (χ4n) is 2.92. The smallest absolute Gasteiger partial charge is 0.233 e. The molecule has 1 fully saturated rings. The van der Waals surface area contributed by atoms with Crippen LogP contribution in [0.1, 0.15) is 37.8 Å². The molecule has 1 aromatic heterocycles. The Balaban J connectivity index is 1.46. The Kier molecular flexibility index (Phi) is 3.84. The molecule has 3 heterocycles. The van der Waals surface area contributed by atoms with Crippen LogP contribution in [-0.4, -0.2) is 40.9 Å². The highest BCUT2D eigenvalue weighted by atomic mass is 16.5. The van der Waals surface area contributed by atoms with Gasteiger partial charge in [0, 0.05) is 24.8 Å². The Morgan fingerprint density at radius 2 is 1.89 bits per heavy atom. The second-order valence-corrected chi connectivity index (χ2v) is 5.40. The van der Waals surface area contributed by atoms with E-state index >= 15 is 0 Å². The van der Waals surface area contributed by atoms with Gasteiger partial charge in [-0.05, 0) is 45.2 Å². The van der Waals surface area contributed by atoms with Gasteiger partial charge < -0.3 is 4.74 Å². The largest absolute Gasteiger partial charge is 0.475 e.